The molecule has 0 spiro atoms. The Morgan fingerprint density at radius 3 is 1.44 bits per heavy atom. The van der Waals surface area contributed by atoms with E-state index in [1.165, 1.54) is 0 Å². The molecule has 0 aliphatic rings. The molecular formula is C20H32N2O8P2. The first-order valence-corrected chi connectivity index (χ1v) is 13.0. The summed E-state index contributed by atoms with van der Waals surface area (Å²) in [4.78, 5) is 16.2. The molecule has 0 aliphatic heterocycles. The van der Waals surface area contributed by atoms with Crippen molar-refractivity contribution >= 4 is 15.6 Å². The molecule has 0 aromatic heterocycles. The van der Waals surface area contributed by atoms with Crippen LogP contribution < -0.4 is 11.5 Å². The molecule has 0 heterocycles. The average Bonchev–Trinajstić information content (AvgIpc) is 2.78. The standard InChI is InChI=1S/C17H22NO4P.C3H10NO4P/c18-12-7-13-20-23(19,21-14-16-8-3-1-4-9-16)22-15-17-10-5-2-6-11-17;4-2-1-3-8-9(5,6)7/h1-6,8-11H,7,12-15,18H2;1-4H2,(H2,5,6,7). The zero-order chi connectivity index (χ0) is 23.7. The predicted molar refractivity (Wildman–Crippen MR) is 121 cm³/mol. The van der Waals surface area contributed by atoms with E-state index in [0.717, 1.165) is 11.1 Å². The topological polar surface area (TPSA) is 164 Å². The lowest BCUT2D eigenvalue weighted by Gasteiger charge is -2.18. The summed E-state index contributed by atoms with van der Waals surface area (Å²) < 4.78 is 43.0. The molecule has 0 unspecified atom stereocenters. The highest BCUT2D eigenvalue weighted by Crippen LogP contribution is 2.51. The fourth-order valence-electron chi connectivity index (χ4n) is 2.09. The lowest BCUT2D eigenvalue weighted by atomic mass is 10.2. The van der Waals surface area contributed by atoms with Gasteiger partial charge in [0.25, 0.3) is 0 Å². The monoisotopic (exact) mass is 490 g/mol. The number of hydrogen-bond acceptors (Lipinski definition) is 8. The van der Waals surface area contributed by atoms with E-state index >= 15 is 0 Å². The van der Waals surface area contributed by atoms with Gasteiger partial charge in [0.2, 0.25) is 0 Å². The van der Waals surface area contributed by atoms with Crippen LogP contribution in [0.5, 0.6) is 0 Å². The third kappa shape index (κ3) is 14.6. The van der Waals surface area contributed by atoms with Crippen LogP contribution in [0.1, 0.15) is 24.0 Å². The highest BCUT2D eigenvalue weighted by molar-refractivity contribution is 7.48. The quantitative estimate of drug-likeness (QED) is 0.228. The minimum absolute atomic E-state index is 0.0147. The van der Waals surface area contributed by atoms with E-state index in [9.17, 15) is 9.13 Å². The number of rotatable bonds is 14. The van der Waals surface area contributed by atoms with Gasteiger partial charge in [-0.05, 0) is 37.1 Å². The van der Waals surface area contributed by atoms with Crippen molar-refractivity contribution in [1.29, 1.82) is 0 Å². The highest BCUT2D eigenvalue weighted by atomic mass is 31.2. The Kier molecular flexibility index (Phi) is 14.5. The first-order valence-electron chi connectivity index (χ1n) is 10.00. The van der Waals surface area contributed by atoms with Gasteiger partial charge in [0, 0.05) is 0 Å². The van der Waals surface area contributed by atoms with Gasteiger partial charge in [-0.15, -0.1) is 0 Å². The van der Waals surface area contributed by atoms with Crippen LogP contribution in [0.25, 0.3) is 0 Å². The number of nitrogens with two attached hydrogens (primary N) is 2. The Hall–Kier alpha value is -1.42. The molecule has 32 heavy (non-hydrogen) atoms. The van der Waals surface area contributed by atoms with E-state index in [-0.39, 0.29) is 26.4 Å². The summed E-state index contributed by atoms with van der Waals surface area (Å²) in [6, 6.07) is 19.0. The second kappa shape index (κ2) is 16.2. The molecule has 0 fully saturated rings. The normalized spacial score (nSPS) is 11.6. The molecule has 0 aliphatic carbocycles. The molecule has 6 N–H and O–H groups in total. The van der Waals surface area contributed by atoms with Gasteiger partial charge in [-0.25, -0.2) is 9.13 Å². The largest absolute Gasteiger partial charge is 0.475 e. The van der Waals surface area contributed by atoms with Crippen molar-refractivity contribution in [3.05, 3.63) is 71.8 Å². The van der Waals surface area contributed by atoms with Gasteiger partial charge in [0.05, 0.1) is 26.4 Å². The Morgan fingerprint density at radius 2 is 1.06 bits per heavy atom. The summed E-state index contributed by atoms with van der Waals surface area (Å²) in [7, 11) is -7.89. The second-order valence-corrected chi connectivity index (χ2v) is 9.32. The van der Waals surface area contributed by atoms with Crippen molar-refractivity contribution < 1.29 is 37.0 Å². The van der Waals surface area contributed by atoms with E-state index in [1.54, 1.807) is 0 Å². The van der Waals surface area contributed by atoms with Gasteiger partial charge in [-0.1, -0.05) is 60.7 Å². The third-order valence-electron chi connectivity index (χ3n) is 3.67. The zero-order valence-electron chi connectivity index (χ0n) is 17.8. The van der Waals surface area contributed by atoms with Crippen LogP contribution in [0.4, 0.5) is 0 Å². The lowest BCUT2D eigenvalue weighted by Crippen LogP contribution is -2.06. The van der Waals surface area contributed by atoms with Crippen LogP contribution in [-0.4, -0.2) is 36.1 Å². The Morgan fingerprint density at radius 1 is 0.656 bits per heavy atom. The van der Waals surface area contributed by atoms with Gasteiger partial charge in [0.15, 0.2) is 0 Å². The lowest BCUT2D eigenvalue weighted by molar-refractivity contribution is 0.102. The van der Waals surface area contributed by atoms with Crippen molar-refractivity contribution in [3.63, 3.8) is 0 Å². The fraction of sp³-hybridized carbons (Fsp3) is 0.400. The summed E-state index contributed by atoms with van der Waals surface area (Å²) in [6.07, 6.45) is 1.05. The van der Waals surface area contributed by atoms with Crippen LogP contribution in [0, 0.1) is 0 Å². The van der Waals surface area contributed by atoms with Gasteiger partial charge < -0.3 is 21.3 Å². The average molecular weight is 490 g/mol. The van der Waals surface area contributed by atoms with Crippen molar-refractivity contribution in [1.82, 2.24) is 0 Å². The van der Waals surface area contributed by atoms with E-state index in [2.05, 4.69) is 4.52 Å². The summed E-state index contributed by atoms with van der Waals surface area (Å²) in [6.45, 7) is 1.40. The van der Waals surface area contributed by atoms with Crippen molar-refractivity contribution in [2.45, 2.75) is 26.1 Å². The third-order valence-corrected chi connectivity index (χ3v) is 5.58. The molecule has 0 amide bonds. The molecule has 0 atom stereocenters. The maximum absolute atomic E-state index is 12.7. The van der Waals surface area contributed by atoms with Crippen LogP contribution in [-0.2, 0) is 40.4 Å². The Bertz CT molecular complexity index is 773. The summed E-state index contributed by atoms with van der Waals surface area (Å²) in [5.74, 6) is 0. The van der Waals surface area contributed by atoms with Crippen molar-refractivity contribution in [2.75, 3.05) is 26.3 Å². The van der Waals surface area contributed by atoms with Gasteiger partial charge in [-0.2, -0.15) is 0 Å². The van der Waals surface area contributed by atoms with Crippen LogP contribution in [0.2, 0.25) is 0 Å². The molecule has 0 radical (unpaired) electrons. The predicted octanol–water partition coefficient (Wildman–Crippen LogP) is 3.34. The Labute approximate surface area is 188 Å². The summed E-state index contributed by atoms with van der Waals surface area (Å²) >= 11 is 0. The van der Waals surface area contributed by atoms with Crippen LogP contribution in [0.3, 0.4) is 0 Å². The number of phosphoric ester groups is 2. The molecule has 0 saturated heterocycles. The number of benzene rings is 2. The minimum Gasteiger partial charge on any atom is -0.330 e. The molecular weight excluding hydrogens is 458 g/mol. The SMILES string of the molecule is NCCCOP(=O)(O)O.NCCCOP(=O)(OCc1ccccc1)OCc1ccccc1. The van der Waals surface area contributed by atoms with E-state index in [1.807, 2.05) is 60.7 Å². The fourth-order valence-corrected chi connectivity index (χ4v) is 3.65. The van der Waals surface area contributed by atoms with Gasteiger partial charge in [-0.3, -0.25) is 18.1 Å². The first kappa shape index (κ1) is 28.6. The molecule has 2 rings (SSSR count). The van der Waals surface area contributed by atoms with E-state index < -0.39 is 15.6 Å². The second-order valence-electron chi connectivity index (χ2n) is 6.41. The number of phosphoric acid groups is 2. The molecule has 2 aromatic carbocycles. The molecule has 0 saturated carbocycles. The van der Waals surface area contributed by atoms with E-state index in [4.69, 9.17) is 34.8 Å². The molecule has 2 aromatic rings. The molecule has 12 heteroatoms. The van der Waals surface area contributed by atoms with Crippen molar-refractivity contribution in [3.8, 4) is 0 Å². The molecule has 180 valence electrons. The highest BCUT2D eigenvalue weighted by Gasteiger charge is 2.26. The van der Waals surface area contributed by atoms with Crippen molar-refractivity contribution in [2.24, 2.45) is 11.5 Å². The summed E-state index contributed by atoms with van der Waals surface area (Å²) in [5.41, 5.74) is 12.3. The minimum atomic E-state index is -4.25. The zero-order valence-corrected chi connectivity index (χ0v) is 19.6. The Balaban J connectivity index is 0.000000482. The van der Waals surface area contributed by atoms with E-state index in [0.29, 0.717) is 25.9 Å². The van der Waals surface area contributed by atoms with Gasteiger partial charge >= 0.3 is 15.6 Å². The molecule has 0 bridgehead atoms. The van der Waals surface area contributed by atoms with Crippen LogP contribution >= 0.6 is 15.6 Å². The maximum atomic E-state index is 12.7. The number of hydrogen-bond donors (Lipinski definition) is 4. The smallest absolute Gasteiger partial charge is 0.330 e. The van der Waals surface area contributed by atoms with Gasteiger partial charge in [0.1, 0.15) is 0 Å². The first-order chi connectivity index (χ1) is 15.3. The molecule has 10 nitrogen and oxygen atoms in total. The maximum Gasteiger partial charge on any atom is 0.475 e. The summed E-state index contributed by atoms with van der Waals surface area (Å²) in [5, 5.41) is 0. The van der Waals surface area contributed by atoms with Crippen LogP contribution in [0.15, 0.2) is 60.7 Å².